The van der Waals surface area contributed by atoms with Gasteiger partial charge in [-0.15, -0.1) is 0 Å². The molecule has 1 saturated heterocycles. The van der Waals surface area contributed by atoms with Crippen LogP contribution in [0.5, 0.6) is 0 Å². The van der Waals surface area contributed by atoms with Crippen molar-refractivity contribution in [3.63, 3.8) is 0 Å². The highest BCUT2D eigenvalue weighted by Crippen LogP contribution is 2.25. The maximum absolute atomic E-state index is 12.1. The summed E-state index contributed by atoms with van der Waals surface area (Å²) in [6.07, 6.45) is 3.26. The van der Waals surface area contributed by atoms with Crippen molar-refractivity contribution in [1.82, 2.24) is 10.2 Å². The Balaban J connectivity index is 2.56. The first kappa shape index (κ1) is 14.5. The lowest BCUT2D eigenvalue weighted by atomic mass is 10.1. The number of nitrogens with one attached hydrogen (secondary N) is 1. The molecule has 0 radical (unpaired) electrons. The third-order valence-corrected chi connectivity index (χ3v) is 3.97. The lowest BCUT2D eigenvalue weighted by Gasteiger charge is -2.32. The third kappa shape index (κ3) is 3.42. The van der Waals surface area contributed by atoms with Crippen LogP contribution < -0.4 is 11.1 Å². The zero-order valence-electron chi connectivity index (χ0n) is 11.6. The molecule has 1 aliphatic rings. The minimum atomic E-state index is -0.0527. The van der Waals surface area contributed by atoms with E-state index in [-0.39, 0.29) is 18.0 Å². The van der Waals surface area contributed by atoms with Crippen molar-refractivity contribution in [2.75, 3.05) is 6.54 Å². The molecule has 4 nitrogen and oxygen atoms in total. The van der Waals surface area contributed by atoms with Crippen LogP contribution in [0.2, 0.25) is 0 Å². The molecule has 0 aromatic heterocycles. The standard InChI is InChI=1S/C13H27N3O/c1-5-12(8-14)15-13(17)11(4)16-9(2)6-7-10(16)3/h9-12H,5-8,14H2,1-4H3,(H,15,17). The number of carbonyl (C=O) groups is 1. The van der Waals surface area contributed by atoms with Crippen LogP contribution in [0, 0.1) is 0 Å². The maximum atomic E-state index is 12.1. The lowest BCUT2D eigenvalue weighted by Crippen LogP contribution is -2.52. The molecule has 1 heterocycles. The largest absolute Gasteiger partial charge is 0.351 e. The molecule has 0 aromatic rings. The van der Waals surface area contributed by atoms with E-state index < -0.39 is 0 Å². The SMILES string of the molecule is CCC(CN)NC(=O)C(C)N1C(C)CCC1C. The molecular formula is C13H27N3O. The maximum Gasteiger partial charge on any atom is 0.237 e. The second-order valence-electron chi connectivity index (χ2n) is 5.25. The second-order valence-corrected chi connectivity index (χ2v) is 5.25. The Morgan fingerprint density at radius 1 is 1.41 bits per heavy atom. The molecule has 17 heavy (non-hydrogen) atoms. The quantitative estimate of drug-likeness (QED) is 0.758. The molecule has 0 spiro atoms. The van der Waals surface area contributed by atoms with Crippen molar-refractivity contribution in [2.45, 2.75) is 71.1 Å². The van der Waals surface area contributed by atoms with E-state index in [9.17, 15) is 4.79 Å². The van der Waals surface area contributed by atoms with E-state index in [0.29, 0.717) is 18.6 Å². The van der Waals surface area contributed by atoms with Crippen molar-refractivity contribution in [1.29, 1.82) is 0 Å². The number of hydrogen-bond acceptors (Lipinski definition) is 3. The number of rotatable bonds is 5. The van der Waals surface area contributed by atoms with E-state index in [0.717, 1.165) is 6.42 Å². The normalized spacial score (nSPS) is 29.0. The van der Waals surface area contributed by atoms with Crippen LogP contribution in [0.1, 0.15) is 47.0 Å². The van der Waals surface area contributed by atoms with Gasteiger partial charge in [0.05, 0.1) is 6.04 Å². The molecule has 4 heteroatoms. The lowest BCUT2D eigenvalue weighted by molar-refractivity contribution is -0.127. The highest BCUT2D eigenvalue weighted by atomic mass is 16.2. The summed E-state index contributed by atoms with van der Waals surface area (Å²) in [6.45, 7) is 8.96. The van der Waals surface area contributed by atoms with Gasteiger partial charge < -0.3 is 11.1 Å². The summed E-state index contributed by atoms with van der Waals surface area (Å²) < 4.78 is 0. The molecule has 1 rings (SSSR count). The van der Waals surface area contributed by atoms with Crippen LogP contribution in [0.3, 0.4) is 0 Å². The van der Waals surface area contributed by atoms with Gasteiger partial charge in [0, 0.05) is 24.7 Å². The van der Waals surface area contributed by atoms with Gasteiger partial charge in [-0.05, 0) is 40.0 Å². The zero-order valence-corrected chi connectivity index (χ0v) is 11.6. The summed E-state index contributed by atoms with van der Waals surface area (Å²) in [6, 6.07) is 1.06. The average Bonchev–Trinajstić information content (AvgIpc) is 2.64. The number of carbonyl (C=O) groups excluding carboxylic acids is 1. The van der Waals surface area contributed by atoms with Crippen molar-refractivity contribution in [3.05, 3.63) is 0 Å². The first-order valence-corrected chi connectivity index (χ1v) is 6.79. The Kier molecular flexibility index (Phi) is 5.40. The van der Waals surface area contributed by atoms with Crippen LogP contribution in [0.15, 0.2) is 0 Å². The van der Waals surface area contributed by atoms with Crippen LogP contribution in [0.4, 0.5) is 0 Å². The molecule has 0 aromatic carbocycles. The van der Waals surface area contributed by atoms with Gasteiger partial charge in [-0.2, -0.15) is 0 Å². The second kappa shape index (κ2) is 6.36. The van der Waals surface area contributed by atoms with Crippen molar-refractivity contribution < 1.29 is 4.79 Å². The highest BCUT2D eigenvalue weighted by molar-refractivity contribution is 5.81. The molecule has 1 fully saturated rings. The van der Waals surface area contributed by atoms with E-state index in [1.54, 1.807) is 0 Å². The summed E-state index contributed by atoms with van der Waals surface area (Å²) in [5.74, 6) is 0.114. The average molecular weight is 241 g/mol. The number of nitrogens with two attached hydrogens (primary N) is 1. The minimum absolute atomic E-state index is 0.0527. The highest BCUT2D eigenvalue weighted by Gasteiger charge is 2.34. The predicted molar refractivity (Wildman–Crippen MR) is 70.7 cm³/mol. The van der Waals surface area contributed by atoms with Gasteiger partial charge in [-0.3, -0.25) is 9.69 Å². The molecule has 3 N–H and O–H groups in total. The summed E-state index contributed by atoms with van der Waals surface area (Å²) in [5.41, 5.74) is 5.61. The number of hydrogen-bond donors (Lipinski definition) is 2. The van der Waals surface area contributed by atoms with Gasteiger partial charge in [-0.25, -0.2) is 0 Å². The predicted octanol–water partition coefficient (Wildman–Crippen LogP) is 1.10. The van der Waals surface area contributed by atoms with Crippen LogP contribution in [0.25, 0.3) is 0 Å². The molecular weight excluding hydrogens is 214 g/mol. The Morgan fingerprint density at radius 3 is 2.35 bits per heavy atom. The molecule has 4 unspecified atom stereocenters. The van der Waals surface area contributed by atoms with Gasteiger partial charge in [0.1, 0.15) is 0 Å². The van der Waals surface area contributed by atoms with Gasteiger partial charge in [0.2, 0.25) is 5.91 Å². The number of amides is 1. The van der Waals surface area contributed by atoms with Gasteiger partial charge in [-0.1, -0.05) is 6.92 Å². The Bertz CT molecular complexity index is 243. The molecule has 0 saturated carbocycles. The fourth-order valence-electron chi connectivity index (χ4n) is 2.76. The summed E-state index contributed by atoms with van der Waals surface area (Å²) >= 11 is 0. The fourth-order valence-corrected chi connectivity index (χ4v) is 2.76. The van der Waals surface area contributed by atoms with Crippen LogP contribution in [-0.2, 0) is 4.79 Å². The van der Waals surface area contributed by atoms with Crippen molar-refractivity contribution >= 4 is 5.91 Å². The van der Waals surface area contributed by atoms with E-state index in [2.05, 4.69) is 24.1 Å². The number of likely N-dealkylation sites (tertiary alicyclic amines) is 1. The van der Waals surface area contributed by atoms with E-state index >= 15 is 0 Å². The van der Waals surface area contributed by atoms with E-state index in [4.69, 9.17) is 5.73 Å². The van der Waals surface area contributed by atoms with E-state index in [1.807, 2.05) is 13.8 Å². The topological polar surface area (TPSA) is 58.4 Å². The molecule has 0 bridgehead atoms. The third-order valence-electron chi connectivity index (χ3n) is 3.97. The summed E-state index contributed by atoms with van der Waals surface area (Å²) in [4.78, 5) is 14.5. The Hall–Kier alpha value is -0.610. The fraction of sp³-hybridized carbons (Fsp3) is 0.923. The smallest absolute Gasteiger partial charge is 0.237 e. The van der Waals surface area contributed by atoms with Crippen LogP contribution in [-0.4, -0.2) is 41.5 Å². The van der Waals surface area contributed by atoms with Crippen molar-refractivity contribution in [2.24, 2.45) is 5.73 Å². The Labute approximate surface area is 105 Å². The summed E-state index contributed by atoms with van der Waals surface area (Å²) in [7, 11) is 0. The van der Waals surface area contributed by atoms with Crippen molar-refractivity contribution in [3.8, 4) is 0 Å². The van der Waals surface area contributed by atoms with Gasteiger partial charge >= 0.3 is 0 Å². The summed E-state index contributed by atoms with van der Waals surface area (Å²) in [5, 5.41) is 3.03. The minimum Gasteiger partial charge on any atom is -0.351 e. The zero-order chi connectivity index (χ0) is 13.0. The first-order valence-electron chi connectivity index (χ1n) is 6.79. The number of nitrogens with zero attached hydrogens (tertiary/aromatic N) is 1. The Morgan fingerprint density at radius 2 is 1.94 bits per heavy atom. The molecule has 100 valence electrons. The van der Waals surface area contributed by atoms with E-state index in [1.165, 1.54) is 12.8 Å². The van der Waals surface area contributed by atoms with Gasteiger partial charge in [0.25, 0.3) is 0 Å². The first-order chi connectivity index (χ1) is 8.01. The molecule has 0 aliphatic carbocycles. The molecule has 4 atom stereocenters. The van der Waals surface area contributed by atoms with Gasteiger partial charge in [0.15, 0.2) is 0 Å². The molecule has 1 amide bonds. The molecule has 1 aliphatic heterocycles. The monoisotopic (exact) mass is 241 g/mol. The van der Waals surface area contributed by atoms with Crippen LogP contribution >= 0.6 is 0 Å².